The molecule has 2 amide bonds. The van der Waals surface area contributed by atoms with Crippen molar-refractivity contribution >= 4 is 34.8 Å². The number of likely N-dealkylation sites (N-methyl/N-ethyl adjacent to an activating group) is 1. The van der Waals surface area contributed by atoms with Gasteiger partial charge in [0.05, 0.1) is 6.54 Å². The molecule has 0 aliphatic rings. The zero-order chi connectivity index (χ0) is 18.4. The van der Waals surface area contributed by atoms with E-state index in [-0.39, 0.29) is 24.9 Å². The molecule has 0 spiro atoms. The Hall–Kier alpha value is -2.44. The number of rotatable bonds is 6. The normalized spacial score (nSPS) is 10.6. The van der Waals surface area contributed by atoms with Crippen molar-refractivity contribution in [2.75, 3.05) is 24.2 Å². The van der Waals surface area contributed by atoms with Crippen LogP contribution in [0.5, 0.6) is 0 Å². The first kappa shape index (κ1) is 18.9. The van der Waals surface area contributed by atoms with E-state index >= 15 is 0 Å². The minimum atomic E-state index is -0.395. The summed E-state index contributed by atoms with van der Waals surface area (Å²) in [6.45, 7) is 1.73. The first-order valence-corrected chi connectivity index (χ1v) is 8.02. The number of anilines is 2. The van der Waals surface area contributed by atoms with Crippen LogP contribution in [0.3, 0.4) is 0 Å². The van der Waals surface area contributed by atoms with E-state index in [1.807, 2.05) is 0 Å². The number of nitrogens with zero attached hydrogens (tertiary/aromatic N) is 1. The molecule has 2 N–H and O–H groups in total. The molecule has 25 heavy (non-hydrogen) atoms. The van der Waals surface area contributed by atoms with Gasteiger partial charge in [-0.25, -0.2) is 4.39 Å². The Morgan fingerprint density at radius 2 is 1.68 bits per heavy atom. The molecule has 0 fully saturated rings. The lowest BCUT2D eigenvalue weighted by Crippen LogP contribution is -2.30. The van der Waals surface area contributed by atoms with Crippen LogP contribution in [0, 0.1) is 5.82 Å². The number of hydrogen-bond acceptors (Lipinski definition) is 3. The maximum absolute atomic E-state index is 13.8. The molecule has 5 nitrogen and oxygen atoms in total. The third-order valence-corrected chi connectivity index (χ3v) is 3.75. The van der Waals surface area contributed by atoms with Gasteiger partial charge in [0.15, 0.2) is 0 Å². The molecule has 132 valence electrons. The van der Waals surface area contributed by atoms with E-state index < -0.39 is 5.82 Å². The van der Waals surface area contributed by atoms with Crippen LogP contribution in [-0.2, 0) is 16.1 Å². The third kappa shape index (κ3) is 5.85. The minimum Gasteiger partial charge on any atom is -0.326 e. The molecule has 0 unspecified atom stereocenters. The number of amides is 2. The predicted octanol–water partition coefficient (Wildman–Crippen LogP) is 3.51. The van der Waals surface area contributed by atoms with Gasteiger partial charge in [0.25, 0.3) is 0 Å². The molecule has 7 heteroatoms. The summed E-state index contributed by atoms with van der Waals surface area (Å²) in [7, 11) is 1.71. The molecule has 0 radical (unpaired) electrons. The van der Waals surface area contributed by atoms with Gasteiger partial charge in [0, 0.05) is 35.4 Å². The lowest BCUT2D eigenvalue weighted by atomic mass is 10.2. The van der Waals surface area contributed by atoms with Crippen molar-refractivity contribution in [3.63, 3.8) is 0 Å². The van der Waals surface area contributed by atoms with Crippen LogP contribution in [0.15, 0.2) is 42.5 Å². The monoisotopic (exact) mass is 363 g/mol. The van der Waals surface area contributed by atoms with Crippen LogP contribution in [0.1, 0.15) is 12.5 Å². The molecular formula is C18H19ClFN3O2. The third-order valence-electron chi connectivity index (χ3n) is 3.39. The number of nitrogens with one attached hydrogen (secondary N) is 2. The number of benzene rings is 2. The Labute approximate surface area is 150 Å². The minimum absolute atomic E-state index is 0.0815. The van der Waals surface area contributed by atoms with Crippen LogP contribution >= 0.6 is 11.6 Å². The fourth-order valence-electron chi connectivity index (χ4n) is 2.30. The highest BCUT2D eigenvalue weighted by Crippen LogP contribution is 2.20. The summed E-state index contributed by atoms with van der Waals surface area (Å²) in [4.78, 5) is 24.7. The van der Waals surface area contributed by atoms with Gasteiger partial charge in [-0.1, -0.05) is 17.7 Å². The summed E-state index contributed by atoms with van der Waals surface area (Å²) >= 11 is 5.99. The summed E-state index contributed by atoms with van der Waals surface area (Å²) in [5.41, 5.74) is 1.62. The number of halogens is 2. The van der Waals surface area contributed by atoms with Crippen molar-refractivity contribution in [1.29, 1.82) is 0 Å². The van der Waals surface area contributed by atoms with E-state index in [0.717, 1.165) is 0 Å². The quantitative estimate of drug-likeness (QED) is 0.825. The Balaban J connectivity index is 1.90. The highest BCUT2D eigenvalue weighted by Gasteiger charge is 2.12. The largest absolute Gasteiger partial charge is 0.326 e. The molecule has 0 aliphatic carbocycles. The first-order chi connectivity index (χ1) is 11.8. The standard InChI is InChI=1S/C18H19ClFN3O2/c1-12(24)21-13-6-8-14(9-7-13)22-18(25)11-23(2)10-15-16(19)4-3-5-17(15)20/h3-9H,10-11H2,1-2H3,(H,21,24)(H,22,25). The van der Waals surface area contributed by atoms with E-state index in [1.54, 1.807) is 48.3 Å². The second kappa shape index (κ2) is 8.60. The Kier molecular flexibility index (Phi) is 6.50. The Bertz CT molecular complexity index is 745. The highest BCUT2D eigenvalue weighted by molar-refractivity contribution is 6.31. The zero-order valence-corrected chi connectivity index (χ0v) is 14.7. The van der Waals surface area contributed by atoms with Crippen molar-refractivity contribution in [3.05, 3.63) is 58.9 Å². The molecule has 0 saturated carbocycles. The topological polar surface area (TPSA) is 61.4 Å². The van der Waals surface area contributed by atoms with Gasteiger partial charge in [-0.05, 0) is 43.4 Å². The number of carbonyl (C=O) groups excluding carboxylic acids is 2. The van der Waals surface area contributed by atoms with Crippen LogP contribution in [0.25, 0.3) is 0 Å². The number of hydrogen-bond donors (Lipinski definition) is 2. The molecule has 2 rings (SSSR count). The van der Waals surface area contributed by atoms with Crippen LogP contribution in [0.2, 0.25) is 5.02 Å². The lowest BCUT2D eigenvalue weighted by molar-refractivity contribution is -0.117. The van der Waals surface area contributed by atoms with Crippen molar-refractivity contribution < 1.29 is 14.0 Å². The van der Waals surface area contributed by atoms with Gasteiger partial charge >= 0.3 is 0 Å². The molecule has 0 bridgehead atoms. The second-order valence-corrected chi connectivity index (χ2v) is 6.09. The molecule has 0 aromatic heterocycles. The second-order valence-electron chi connectivity index (χ2n) is 5.68. The summed E-state index contributed by atoms with van der Waals surface area (Å²) in [6.07, 6.45) is 0. The van der Waals surface area contributed by atoms with Gasteiger partial charge < -0.3 is 10.6 Å². The molecule has 0 heterocycles. The predicted molar refractivity (Wildman–Crippen MR) is 97.1 cm³/mol. The number of carbonyl (C=O) groups is 2. The first-order valence-electron chi connectivity index (χ1n) is 7.64. The van der Waals surface area contributed by atoms with E-state index in [2.05, 4.69) is 10.6 Å². The molecular weight excluding hydrogens is 345 g/mol. The average Bonchev–Trinajstić information content (AvgIpc) is 2.52. The van der Waals surface area contributed by atoms with E-state index in [0.29, 0.717) is 22.0 Å². The van der Waals surface area contributed by atoms with Gasteiger partial charge in [-0.15, -0.1) is 0 Å². The summed E-state index contributed by atoms with van der Waals surface area (Å²) in [5, 5.41) is 5.73. The summed E-state index contributed by atoms with van der Waals surface area (Å²) in [6, 6.07) is 11.3. The lowest BCUT2D eigenvalue weighted by Gasteiger charge is -2.17. The molecule has 0 atom stereocenters. The molecule has 2 aromatic carbocycles. The fourth-order valence-corrected chi connectivity index (χ4v) is 2.52. The van der Waals surface area contributed by atoms with E-state index in [9.17, 15) is 14.0 Å². The van der Waals surface area contributed by atoms with Gasteiger partial charge in [0.1, 0.15) is 5.82 Å². The Morgan fingerprint density at radius 3 is 2.24 bits per heavy atom. The van der Waals surface area contributed by atoms with Crippen LogP contribution in [-0.4, -0.2) is 30.3 Å². The van der Waals surface area contributed by atoms with Gasteiger partial charge in [-0.3, -0.25) is 14.5 Å². The molecule has 0 saturated heterocycles. The maximum atomic E-state index is 13.8. The average molecular weight is 364 g/mol. The highest BCUT2D eigenvalue weighted by atomic mass is 35.5. The molecule has 0 aliphatic heterocycles. The smallest absolute Gasteiger partial charge is 0.238 e. The van der Waals surface area contributed by atoms with Crippen molar-refractivity contribution in [3.8, 4) is 0 Å². The zero-order valence-electron chi connectivity index (χ0n) is 14.0. The SMILES string of the molecule is CC(=O)Nc1ccc(NC(=O)CN(C)Cc2c(F)cccc2Cl)cc1. The van der Waals surface area contributed by atoms with Crippen molar-refractivity contribution in [1.82, 2.24) is 4.90 Å². The van der Waals surface area contributed by atoms with Gasteiger partial charge in [-0.2, -0.15) is 0 Å². The molecule has 2 aromatic rings. The maximum Gasteiger partial charge on any atom is 0.238 e. The van der Waals surface area contributed by atoms with Crippen LogP contribution < -0.4 is 10.6 Å². The van der Waals surface area contributed by atoms with E-state index in [4.69, 9.17) is 11.6 Å². The van der Waals surface area contributed by atoms with Crippen LogP contribution in [0.4, 0.5) is 15.8 Å². The van der Waals surface area contributed by atoms with Crippen molar-refractivity contribution in [2.45, 2.75) is 13.5 Å². The summed E-state index contributed by atoms with van der Waals surface area (Å²) < 4.78 is 13.8. The van der Waals surface area contributed by atoms with Crippen molar-refractivity contribution in [2.24, 2.45) is 0 Å². The van der Waals surface area contributed by atoms with Gasteiger partial charge in [0.2, 0.25) is 11.8 Å². The van der Waals surface area contributed by atoms with E-state index in [1.165, 1.54) is 13.0 Å². The summed E-state index contributed by atoms with van der Waals surface area (Å²) in [5.74, 6) is -0.791. The Morgan fingerprint density at radius 1 is 1.08 bits per heavy atom. The fraction of sp³-hybridized carbons (Fsp3) is 0.222.